The van der Waals surface area contributed by atoms with Crippen LogP contribution in [0.15, 0.2) is 53.3 Å². The van der Waals surface area contributed by atoms with Crippen molar-refractivity contribution in [1.82, 2.24) is 25.1 Å². The molecule has 0 fully saturated rings. The molecule has 4 aromatic rings. The largest absolute Gasteiger partial charge is 0.361 e. The summed E-state index contributed by atoms with van der Waals surface area (Å²) in [6.45, 7) is 0.385. The van der Waals surface area contributed by atoms with Gasteiger partial charge in [-0.05, 0) is 49.9 Å². The number of nitrogens with zero attached hydrogens (tertiary/aromatic N) is 5. The molecule has 1 aliphatic rings. The molecule has 0 spiro atoms. The van der Waals surface area contributed by atoms with Crippen LogP contribution in [0.2, 0.25) is 5.02 Å². The van der Waals surface area contributed by atoms with E-state index in [2.05, 4.69) is 20.4 Å². The third-order valence-electron chi connectivity index (χ3n) is 5.08. The zero-order valence-electron chi connectivity index (χ0n) is 16.2. The highest BCUT2D eigenvalue weighted by atomic mass is 35.5. The molecule has 0 bridgehead atoms. The quantitative estimate of drug-likeness (QED) is 0.500. The second kappa shape index (κ2) is 8.20. The lowest BCUT2D eigenvalue weighted by atomic mass is 9.96. The molecule has 30 heavy (non-hydrogen) atoms. The molecule has 3 heterocycles. The number of fused-ring (bicyclic) bond motifs is 1. The minimum atomic E-state index is 0.385. The van der Waals surface area contributed by atoms with Crippen molar-refractivity contribution in [1.29, 1.82) is 0 Å². The fourth-order valence-corrected chi connectivity index (χ4v) is 3.79. The summed E-state index contributed by atoms with van der Waals surface area (Å²) in [5, 5.41) is 8.11. The van der Waals surface area contributed by atoms with Gasteiger partial charge in [0.05, 0.1) is 6.54 Å². The van der Waals surface area contributed by atoms with Gasteiger partial charge < -0.3 is 9.84 Å². The fourth-order valence-electron chi connectivity index (χ4n) is 3.60. The lowest BCUT2D eigenvalue weighted by Gasteiger charge is -2.19. The summed E-state index contributed by atoms with van der Waals surface area (Å²) in [7, 11) is 0. The topological polar surface area (TPSA) is 89.6 Å². The lowest BCUT2D eigenvalue weighted by Crippen LogP contribution is -2.13. The maximum atomic E-state index is 6.17. The van der Waals surface area contributed by atoms with Crippen LogP contribution in [-0.4, -0.2) is 25.1 Å². The number of aromatic nitrogens is 5. The zero-order chi connectivity index (χ0) is 20.3. The summed E-state index contributed by atoms with van der Waals surface area (Å²) in [5.41, 5.74) is 4.02. The molecule has 1 aromatic carbocycles. The molecule has 0 amide bonds. The molecule has 0 unspecified atom stereocenters. The number of pyridine rings is 1. The number of rotatable bonds is 5. The van der Waals surface area contributed by atoms with Crippen molar-refractivity contribution in [2.75, 3.05) is 5.32 Å². The van der Waals surface area contributed by atoms with Crippen molar-refractivity contribution in [2.45, 2.75) is 32.2 Å². The molecule has 3 aromatic heterocycles. The number of hydrogen-bond donors (Lipinski definition) is 1. The predicted molar refractivity (Wildman–Crippen MR) is 114 cm³/mol. The van der Waals surface area contributed by atoms with Crippen molar-refractivity contribution >= 4 is 17.4 Å². The Kier molecular flexibility index (Phi) is 5.11. The van der Waals surface area contributed by atoms with Crippen LogP contribution >= 0.6 is 11.6 Å². The van der Waals surface area contributed by atoms with E-state index in [1.165, 1.54) is 5.56 Å². The summed E-state index contributed by atoms with van der Waals surface area (Å²) in [6, 6.07) is 11.3. The monoisotopic (exact) mass is 418 g/mol. The minimum Gasteiger partial charge on any atom is -0.361 e. The van der Waals surface area contributed by atoms with Gasteiger partial charge in [0.25, 0.3) is 0 Å². The van der Waals surface area contributed by atoms with E-state index in [1.807, 2.05) is 36.4 Å². The first-order valence-electron chi connectivity index (χ1n) is 9.89. The molecule has 150 valence electrons. The SMILES string of the molecule is Clc1cccc(-c2nc3c(c(NCc4nc(-c5ccncc5)no4)n2)CCCC3)c1. The highest BCUT2D eigenvalue weighted by molar-refractivity contribution is 6.30. The van der Waals surface area contributed by atoms with Crippen molar-refractivity contribution in [3.8, 4) is 22.8 Å². The van der Waals surface area contributed by atoms with Gasteiger partial charge in [-0.3, -0.25) is 4.98 Å². The van der Waals surface area contributed by atoms with E-state index in [9.17, 15) is 0 Å². The van der Waals surface area contributed by atoms with E-state index in [1.54, 1.807) is 12.4 Å². The van der Waals surface area contributed by atoms with Gasteiger partial charge in [0.2, 0.25) is 11.7 Å². The van der Waals surface area contributed by atoms with Crippen LogP contribution in [0.4, 0.5) is 5.82 Å². The molecule has 7 nitrogen and oxygen atoms in total. The smallest absolute Gasteiger partial charge is 0.246 e. The molecule has 0 radical (unpaired) electrons. The molecule has 8 heteroatoms. The van der Waals surface area contributed by atoms with Crippen LogP contribution in [0.25, 0.3) is 22.8 Å². The highest BCUT2D eigenvalue weighted by Crippen LogP contribution is 2.29. The molecule has 0 saturated carbocycles. The van der Waals surface area contributed by atoms with Crippen LogP contribution in [0.5, 0.6) is 0 Å². The maximum absolute atomic E-state index is 6.17. The van der Waals surface area contributed by atoms with E-state index in [-0.39, 0.29) is 0 Å². The average molecular weight is 419 g/mol. The van der Waals surface area contributed by atoms with E-state index >= 15 is 0 Å². The fraction of sp³-hybridized carbons (Fsp3) is 0.227. The van der Waals surface area contributed by atoms with Crippen LogP contribution < -0.4 is 5.32 Å². The summed E-state index contributed by atoms with van der Waals surface area (Å²) in [5.74, 6) is 2.52. The van der Waals surface area contributed by atoms with E-state index in [0.717, 1.165) is 48.3 Å². The Balaban J connectivity index is 1.42. The van der Waals surface area contributed by atoms with Gasteiger partial charge in [-0.25, -0.2) is 9.97 Å². The Morgan fingerprint density at radius 2 is 1.80 bits per heavy atom. The van der Waals surface area contributed by atoms with E-state index < -0.39 is 0 Å². The second-order valence-corrected chi connectivity index (χ2v) is 7.58. The van der Waals surface area contributed by atoms with Crippen LogP contribution in [0, 0.1) is 0 Å². The van der Waals surface area contributed by atoms with Crippen molar-refractivity contribution in [3.63, 3.8) is 0 Å². The third kappa shape index (κ3) is 3.89. The number of hydrogen-bond acceptors (Lipinski definition) is 7. The van der Waals surface area contributed by atoms with Crippen LogP contribution in [-0.2, 0) is 19.4 Å². The van der Waals surface area contributed by atoms with Gasteiger partial charge in [-0.15, -0.1) is 0 Å². The van der Waals surface area contributed by atoms with E-state index in [4.69, 9.17) is 26.1 Å². The first kappa shape index (κ1) is 18.7. The normalized spacial score (nSPS) is 13.1. The Labute approximate surface area is 178 Å². The first-order valence-corrected chi connectivity index (χ1v) is 10.3. The van der Waals surface area contributed by atoms with Gasteiger partial charge in [0.1, 0.15) is 5.82 Å². The standard InChI is InChI=1S/C22H19ClN6O/c23-16-5-3-4-15(12-16)20-26-18-7-2-1-6-17(18)22(28-20)25-13-19-27-21(29-30-19)14-8-10-24-11-9-14/h3-5,8-12H,1-2,6-7,13H2,(H,25,26,28). The molecular formula is C22H19ClN6O. The molecule has 0 aliphatic heterocycles. The lowest BCUT2D eigenvalue weighted by molar-refractivity contribution is 0.384. The van der Waals surface area contributed by atoms with Crippen molar-refractivity contribution in [3.05, 3.63) is 71.0 Å². The number of benzene rings is 1. The number of anilines is 1. The van der Waals surface area contributed by atoms with Gasteiger partial charge in [0, 0.05) is 39.8 Å². The average Bonchev–Trinajstić information content (AvgIpc) is 3.27. The van der Waals surface area contributed by atoms with Gasteiger partial charge in [0.15, 0.2) is 5.82 Å². The molecule has 0 saturated heterocycles. The van der Waals surface area contributed by atoms with E-state index in [0.29, 0.717) is 29.1 Å². The summed E-state index contributed by atoms with van der Waals surface area (Å²) in [6.07, 6.45) is 7.58. The van der Waals surface area contributed by atoms with Crippen molar-refractivity contribution in [2.24, 2.45) is 0 Å². The Hall–Kier alpha value is -3.32. The predicted octanol–water partition coefficient (Wildman–Crippen LogP) is 4.73. The van der Waals surface area contributed by atoms with Crippen LogP contribution in [0.3, 0.4) is 0 Å². The van der Waals surface area contributed by atoms with Crippen LogP contribution in [0.1, 0.15) is 30.0 Å². The Morgan fingerprint density at radius 3 is 2.67 bits per heavy atom. The molecule has 1 aliphatic carbocycles. The molecule has 1 N–H and O–H groups in total. The number of aryl methyl sites for hydroxylation is 1. The number of halogens is 1. The molecule has 0 atom stereocenters. The molecule has 5 rings (SSSR count). The summed E-state index contributed by atoms with van der Waals surface area (Å²) >= 11 is 6.17. The summed E-state index contributed by atoms with van der Waals surface area (Å²) < 4.78 is 5.41. The second-order valence-electron chi connectivity index (χ2n) is 7.14. The first-order chi connectivity index (χ1) is 14.8. The molecular weight excluding hydrogens is 400 g/mol. The number of nitrogens with one attached hydrogen (secondary N) is 1. The minimum absolute atomic E-state index is 0.385. The maximum Gasteiger partial charge on any atom is 0.246 e. The van der Waals surface area contributed by atoms with Crippen molar-refractivity contribution < 1.29 is 4.52 Å². The van der Waals surface area contributed by atoms with Gasteiger partial charge >= 0.3 is 0 Å². The zero-order valence-corrected chi connectivity index (χ0v) is 16.9. The Morgan fingerprint density at radius 1 is 0.933 bits per heavy atom. The Bertz CT molecular complexity index is 1180. The van der Waals surface area contributed by atoms with Gasteiger partial charge in [-0.2, -0.15) is 4.98 Å². The highest BCUT2D eigenvalue weighted by Gasteiger charge is 2.19. The third-order valence-corrected chi connectivity index (χ3v) is 5.31. The van der Waals surface area contributed by atoms with Gasteiger partial charge in [-0.1, -0.05) is 28.9 Å². The summed E-state index contributed by atoms with van der Waals surface area (Å²) in [4.78, 5) is 18.1.